The van der Waals surface area contributed by atoms with Crippen LogP contribution in [-0.2, 0) is 0 Å². The molecule has 1 N–H and O–H groups in total. The molecule has 5 heterocycles. The van der Waals surface area contributed by atoms with Gasteiger partial charge >= 0.3 is 0 Å². The Hall–Kier alpha value is -3.76. The highest BCUT2D eigenvalue weighted by Crippen LogP contribution is 2.28. The van der Waals surface area contributed by atoms with Crippen LogP contribution < -0.4 is 10.2 Å². The molecule has 7 heteroatoms. The van der Waals surface area contributed by atoms with E-state index in [2.05, 4.69) is 43.4 Å². The largest absolute Gasteiger partial charge is 0.354 e. The van der Waals surface area contributed by atoms with E-state index in [4.69, 9.17) is 0 Å². The van der Waals surface area contributed by atoms with E-state index in [0.29, 0.717) is 11.2 Å². The lowest BCUT2D eigenvalue weighted by Gasteiger charge is -2.28. The van der Waals surface area contributed by atoms with Crippen molar-refractivity contribution >= 4 is 11.5 Å². The number of aryl methyl sites for hydroxylation is 1. The van der Waals surface area contributed by atoms with Crippen molar-refractivity contribution in [3.8, 4) is 28.5 Å². The predicted molar refractivity (Wildman–Crippen MR) is 116 cm³/mol. The summed E-state index contributed by atoms with van der Waals surface area (Å²) in [7, 11) is 0. The summed E-state index contributed by atoms with van der Waals surface area (Å²) in [4.78, 5) is 15.9. The second-order valence-electron chi connectivity index (χ2n) is 7.42. The number of aromatic nitrogens is 4. The fourth-order valence-electron chi connectivity index (χ4n) is 3.80. The Morgan fingerprint density at radius 3 is 2.43 bits per heavy atom. The van der Waals surface area contributed by atoms with Gasteiger partial charge in [0.2, 0.25) is 0 Å². The van der Waals surface area contributed by atoms with Gasteiger partial charge < -0.3 is 10.2 Å². The Morgan fingerprint density at radius 2 is 1.73 bits per heavy atom. The Labute approximate surface area is 174 Å². The fourth-order valence-corrected chi connectivity index (χ4v) is 3.80. The number of nitrogens with one attached hydrogen (secondary N) is 1. The zero-order valence-electron chi connectivity index (χ0n) is 16.7. The van der Waals surface area contributed by atoms with Crippen LogP contribution in [0.5, 0.6) is 0 Å². The van der Waals surface area contributed by atoms with Crippen LogP contribution in [0.1, 0.15) is 11.3 Å². The third-order valence-corrected chi connectivity index (χ3v) is 5.46. The number of fused-ring (bicyclic) bond motifs is 1. The van der Waals surface area contributed by atoms with Crippen molar-refractivity contribution < 1.29 is 0 Å². The van der Waals surface area contributed by atoms with Crippen molar-refractivity contribution in [2.75, 3.05) is 31.1 Å². The fraction of sp³-hybridized carbons (Fsp3) is 0.217. The predicted octanol–water partition coefficient (Wildman–Crippen LogP) is 3.05. The minimum atomic E-state index is 0.532. The van der Waals surface area contributed by atoms with Gasteiger partial charge in [0.15, 0.2) is 5.65 Å². The molecule has 0 amide bonds. The van der Waals surface area contributed by atoms with E-state index in [9.17, 15) is 5.26 Å². The van der Waals surface area contributed by atoms with E-state index in [1.807, 2.05) is 48.1 Å². The van der Waals surface area contributed by atoms with Gasteiger partial charge in [0.1, 0.15) is 11.9 Å². The molecular weight excluding hydrogens is 374 g/mol. The van der Waals surface area contributed by atoms with Crippen LogP contribution in [0.25, 0.3) is 28.0 Å². The van der Waals surface area contributed by atoms with Gasteiger partial charge in [0.25, 0.3) is 0 Å². The molecule has 148 valence electrons. The van der Waals surface area contributed by atoms with Gasteiger partial charge in [-0.05, 0) is 31.2 Å². The smallest absolute Gasteiger partial charge is 0.155 e. The van der Waals surface area contributed by atoms with E-state index >= 15 is 0 Å². The maximum Gasteiger partial charge on any atom is 0.155 e. The van der Waals surface area contributed by atoms with Crippen molar-refractivity contribution in [1.29, 1.82) is 5.26 Å². The molecule has 1 fully saturated rings. The van der Waals surface area contributed by atoms with Gasteiger partial charge in [-0.2, -0.15) is 5.26 Å². The lowest BCUT2D eigenvalue weighted by Crippen LogP contribution is -2.43. The first-order valence-corrected chi connectivity index (χ1v) is 9.99. The van der Waals surface area contributed by atoms with Crippen LogP contribution >= 0.6 is 0 Å². The maximum atomic E-state index is 9.67. The van der Waals surface area contributed by atoms with Crippen LogP contribution in [0, 0.1) is 18.3 Å². The molecule has 1 aliphatic heterocycles. The highest BCUT2D eigenvalue weighted by molar-refractivity contribution is 5.73. The maximum absolute atomic E-state index is 9.67. The number of pyridine rings is 3. The number of nitriles is 1. The average Bonchev–Trinajstić information content (AvgIpc) is 3.24. The van der Waals surface area contributed by atoms with E-state index in [1.54, 1.807) is 6.20 Å². The zero-order chi connectivity index (χ0) is 20.5. The van der Waals surface area contributed by atoms with E-state index in [0.717, 1.165) is 60.1 Å². The molecule has 4 aromatic heterocycles. The SMILES string of the molecule is Cc1ccc(-c2cc(C#N)c3ncc(-c4ccc(N5CCNCC5)nc4)n3c2)cn1. The molecule has 0 aromatic carbocycles. The van der Waals surface area contributed by atoms with E-state index in [-0.39, 0.29) is 0 Å². The van der Waals surface area contributed by atoms with Crippen molar-refractivity contribution in [2.24, 2.45) is 0 Å². The molecule has 5 rings (SSSR count). The highest BCUT2D eigenvalue weighted by atomic mass is 15.2. The molecule has 30 heavy (non-hydrogen) atoms. The number of imidazole rings is 1. The summed E-state index contributed by atoms with van der Waals surface area (Å²) < 4.78 is 1.97. The molecule has 7 nitrogen and oxygen atoms in total. The van der Waals surface area contributed by atoms with Crippen molar-refractivity contribution in [3.05, 3.63) is 66.4 Å². The summed E-state index contributed by atoms with van der Waals surface area (Å²) in [5.74, 6) is 0.984. The molecule has 0 saturated carbocycles. The van der Waals surface area contributed by atoms with E-state index in [1.165, 1.54) is 0 Å². The second-order valence-corrected chi connectivity index (χ2v) is 7.42. The Balaban J connectivity index is 1.57. The monoisotopic (exact) mass is 395 g/mol. The lowest BCUT2D eigenvalue weighted by molar-refractivity contribution is 0.585. The van der Waals surface area contributed by atoms with Crippen LogP contribution in [0.15, 0.2) is 55.1 Å². The van der Waals surface area contributed by atoms with Crippen molar-refractivity contribution in [1.82, 2.24) is 24.7 Å². The average molecular weight is 395 g/mol. The Kier molecular flexibility index (Phi) is 4.62. The molecule has 0 spiro atoms. The van der Waals surface area contributed by atoms with E-state index < -0.39 is 0 Å². The normalized spacial score (nSPS) is 14.1. The standard InChI is InChI=1S/C23H21N7/c1-16-2-3-17(12-26-16)20-10-19(11-24)23-28-14-21(30(23)15-20)18-4-5-22(27-13-18)29-8-6-25-7-9-29/h2-5,10,12-15,25H,6-9H2,1H3. The van der Waals surface area contributed by atoms with Gasteiger partial charge in [-0.15, -0.1) is 0 Å². The summed E-state index contributed by atoms with van der Waals surface area (Å²) in [6, 6.07) is 12.3. The first-order valence-electron chi connectivity index (χ1n) is 9.99. The number of piperazine rings is 1. The first kappa shape index (κ1) is 18.3. The Bertz CT molecular complexity index is 1230. The summed E-state index contributed by atoms with van der Waals surface area (Å²) >= 11 is 0. The minimum absolute atomic E-state index is 0.532. The topological polar surface area (TPSA) is 82.1 Å². The number of hydrogen-bond acceptors (Lipinski definition) is 6. The van der Waals surface area contributed by atoms with Gasteiger partial charge in [-0.25, -0.2) is 9.97 Å². The molecule has 0 aliphatic carbocycles. The molecular formula is C23H21N7. The van der Waals surface area contributed by atoms with Crippen molar-refractivity contribution in [2.45, 2.75) is 6.92 Å². The summed E-state index contributed by atoms with van der Waals surface area (Å²) in [6.07, 6.45) is 7.52. The molecule has 0 atom stereocenters. The second kappa shape index (κ2) is 7.58. The van der Waals surface area contributed by atoms with Gasteiger partial charge in [0.05, 0.1) is 17.5 Å². The molecule has 0 unspecified atom stereocenters. The number of anilines is 1. The number of hydrogen-bond donors (Lipinski definition) is 1. The van der Waals surface area contributed by atoms with Crippen LogP contribution in [0.3, 0.4) is 0 Å². The van der Waals surface area contributed by atoms with Gasteiger partial charge in [-0.1, -0.05) is 6.07 Å². The molecule has 0 bridgehead atoms. The number of nitrogens with zero attached hydrogens (tertiary/aromatic N) is 6. The van der Waals surface area contributed by atoms with Crippen LogP contribution in [0.4, 0.5) is 5.82 Å². The number of rotatable bonds is 3. The van der Waals surface area contributed by atoms with Crippen LogP contribution in [0.2, 0.25) is 0 Å². The zero-order valence-corrected chi connectivity index (χ0v) is 16.7. The quantitative estimate of drug-likeness (QED) is 0.574. The highest BCUT2D eigenvalue weighted by Gasteiger charge is 2.15. The molecule has 4 aromatic rings. The summed E-state index contributed by atoms with van der Waals surface area (Å²) in [5.41, 5.74) is 5.89. The summed E-state index contributed by atoms with van der Waals surface area (Å²) in [5, 5.41) is 13.0. The molecule has 0 radical (unpaired) electrons. The molecule has 1 saturated heterocycles. The lowest BCUT2D eigenvalue weighted by atomic mass is 10.1. The van der Waals surface area contributed by atoms with Crippen LogP contribution in [-0.4, -0.2) is 45.5 Å². The Morgan fingerprint density at radius 1 is 0.933 bits per heavy atom. The minimum Gasteiger partial charge on any atom is -0.354 e. The summed E-state index contributed by atoms with van der Waals surface area (Å²) in [6.45, 7) is 5.83. The van der Waals surface area contributed by atoms with Gasteiger partial charge in [0, 0.05) is 67.2 Å². The van der Waals surface area contributed by atoms with Gasteiger partial charge in [-0.3, -0.25) is 9.38 Å². The van der Waals surface area contributed by atoms with Crippen molar-refractivity contribution in [3.63, 3.8) is 0 Å². The molecule has 1 aliphatic rings. The third-order valence-electron chi connectivity index (χ3n) is 5.46. The third kappa shape index (κ3) is 3.27. The first-order chi connectivity index (χ1) is 14.7.